The molecule has 0 saturated carbocycles. The number of aromatic amines is 1. The topological polar surface area (TPSA) is 105 Å². The highest BCUT2D eigenvalue weighted by molar-refractivity contribution is 7.27. The van der Waals surface area contributed by atoms with Gasteiger partial charge >= 0.3 is 11.8 Å². The van der Waals surface area contributed by atoms with Gasteiger partial charge in [-0.3, -0.25) is 4.79 Å². The van der Waals surface area contributed by atoms with Crippen molar-refractivity contribution in [1.82, 2.24) is 34.7 Å². The molecule has 2 atom stereocenters. The minimum absolute atomic E-state index is 0.0490. The fourth-order valence-corrected chi connectivity index (χ4v) is 4.70. The third kappa shape index (κ3) is 3.32. The molecule has 1 aromatic carbocycles. The quantitative estimate of drug-likeness (QED) is 0.418. The molecule has 5 aromatic rings. The summed E-state index contributed by atoms with van der Waals surface area (Å²) in [5.74, 6) is -0.0699. The number of amides is 1. The Hall–Kier alpha value is -3.84. The SMILES string of the molecule is Cc1cc(P)ccc1-c1nnc(C(=O)N2CCc3[nH]cnc3[C@H]2c2cc3ccccn3n2)o1. The van der Waals surface area contributed by atoms with Crippen molar-refractivity contribution in [1.29, 1.82) is 0 Å². The van der Waals surface area contributed by atoms with Crippen molar-refractivity contribution in [2.24, 2.45) is 0 Å². The van der Waals surface area contributed by atoms with Crippen molar-refractivity contribution in [3.8, 4) is 11.5 Å². The summed E-state index contributed by atoms with van der Waals surface area (Å²) in [6, 6.07) is 13.2. The summed E-state index contributed by atoms with van der Waals surface area (Å²) >= 11 is 0. The van der Waals surface area contributed by atoms with E-state index in [0.717, 1.165) is 39.0 Å². The third-order valence-electron chi connectivity index (χ3n) is 5.94. The van der Waals surface area contributed by atoms with Crippen molar-refractivity contribution in [3.63, 3.8) is 0 Å². The number of H-pyrrole nitrogens is 1. The zero-order valence-electron chi connectivity index (χ0n) is 17.8. The van der Waals surface area contributed by atoms with Gasteiger partial charge in [0.15, 0.2) is 0 Å². The van der Waals surface area contributed by atoms with Crippen LogP contribution in [0.3, 0.4) is 0 Å². The molecule has 33 heavy (non-hydrogen) atoms. The van der Waals surface area contributed by atoms with Crippen LogP contribution in [0.2, 0.25) is 0 Å². The molecular weight excluding hydrogens is 437 g/mol. The Balaban J connectivity index is 1.39. The Morgan fingerprint density at radius 1 is 1.21 bits per heavy atom. The van der Waals surface area contributed by atoms with E-state index in [1.807, 2.05) is 55.6 Å². The molecule has 5 heterocycles. The highest BCUT2D eigenvalue weighted by Gasteiger charge is 2.38. The molecule has 0 fully saturated rings. The van der Waals surface area contributed by atoms with Crippen LogP contribution in [0, 0.1) is 6.92 Å². The van der Waals surface area contributed by atoms with Gasteiger partial charge in [0.2, 0.25) is 5.89 Å². The molecule has 1 aliphatic rings. The number of hydrogen-bond donors (Lipinski definition) is 1. The van der Waals surface area contributed by atoms with Crippen molar-refractivity contribution < 1.29 is 9.21 Å². The molecule has 1 amide bonds. The molecule has 0 spiro atoms. The number of fused-ring (bicyclic) bond motifs is 2. The first-order valence-electron chi connectivity index (χ1n) is 10.6. The number of carbonyl (C=O) groups excluding carboxylic acids is 1. The van der Waals surface area contributed by atoms with Gasteiger partial charge in [-0.1, -0.05) is 18.2 Å². The summed E-state index contributed by atoms with van der Waals surface area (Å²) in [5.41, 5.74) is 5.25. The van der Waals surface area contributed by atoms with Gasteiger partial charge in [0, 0.05) is 30.4 Å². The minimum atomic E-state index is -0.458. The molecule has 0 bridgehead atoms. The van der Waals surface area contributed by atoms with Gasteiger partial charge in [0.1, 0.15) is 6.04 Å². The molecule has 9 nitrogen and oxygen atoms in total. The summed E-state index contributed by atoms with van der Waals surface area (Å²) < 4.78 is 7.64. The number of rotatable bonds is 3. The Kier molecular flexibility index (Phi) is 4.58. The lowest BCUT2D eigenvalue weighted by Gasteiger charge is -2.32. The van der Waals surface area contributed by atoms with E-state index in [1.54, 1.807) is 15.7 Å². The first-order chi connectivity index (χ1) is 16.1. The lowest BCUT2D eigenvalue weighted by molar-refractivity contribution is 0.0646. The van der Waals surface area contributed by atoms with Crippen LogP contribution in [0.1, 0.15) is 39.4 Å². The second-order valence-corrected chi connectivity index (χ2v) is 8.71. The molecule has 1 N–H and O–H groups in total. The van der Waals surface area contributed by atoms with E-state index in [1.165, 1.54) is 0 Å². The molecule has 0 radical (unpaired) electrons. The Bertz CT molecular complexity index is 1470. The van der Waals surface area contributed by atoms with Gasteiger partial charge in [-0.2, -0.15) is 5.10 Å². The zero-order chi connectivity index (χ0) is 22.5. The number of aromatic nitrogens is 6. The van der Waals surface area contributed by atoms with E-state index < -0.39 is 6.04 Å². The molecule has 1 aliphatic heterocycles. The van der Waals surface area contributed by atoms with Crippen molar-refractivity contribution >= 4 is 26.0 Å². The van der Waals surface area contributed by atoms with Crippen molar-refractivity contribution in [2.45, 2.75) is 19.4 Å². The number of imidazole rings is 1. The summed E-state index contributed by atoms with van der Waals surface area (Å²) in [4.78, 5) is 23.0. The zero-order valence-corrected chi connectivity index (χ0v) is 18.9. The number of benzene rings is 1. The fraction of sp³-hybridized carbons (Fsp3) is 0.174. The molecule has 0 aliphatic carbocycles. The largest absolute Gasteiger partial charge is 0.412 e. The van der Waals surface area contributed by atoms with Gasteiger partial charge < -0.3 is 14.3 Å². The second kappa shape index (κ2) is 7.64. The maximum Gasteiger partial charge on any atom is 0.312 e. The van der Waals surface area contributed by atoms with E-state index in [2.05, 4.69) is 29.4 Å². The van der Waals surface area contributed by atoms with E-state index >= 15 is 0 Å². The predicted molar refractivity (Wildman–Crippen MR) is 124 cm³/mol. The Morgan fingerprint density at radius 2 is 2.12 bits per heavy atom. The molecule has 1 unspecified atom stereocenters. The van der Waals surface area contributed by atoms with Crippen LogP contribution in [0.15, 0.2) is 59.4 Å². The van der Waals surface area contributed by atoms with Gasteiger partial charge in [-0.05, 0) is 42.1 Å². The Morgan fingerprint density at radius 3 is 2.97 bits per heavy atom. The van der Waals surface area contributed by atoms with Crippen LogP contribution in [0.5, 0.6) is 0 Å². The monoisotopic (exact) mass is 457 g/mol. The molecule has 0 saturated heterocycles. The maximum atomic E-state index is 13.6. The van der Waals surface area contributed by atoms with Crippen LogP contribution in [-0.2, 0) is 6.42 Å². The summed E-state index contributed by atoms with van der Waals surface area (Å²) in [7, 11) is 2.66. The van der Waals surface area contributed by atoms with Crippen molar-refractivity contribution in [3.05, 3.63) is 83.5 Å². The first kappa shape index (κ1) is 19.8. The summed E-state index contributed by atoms with van der Waals surface area (Å²) in [6.45, 7) is 2.45. The standard InChI is InChI=1S/C23H20N7O2P/c1-13-10-15(33)5-6-16(13)21-26-27-22(32-21)23(31)29-9-7-17-19(25-12-24-17)20(29)18-11-14-4-2-3-8-30(14)28-18/h2-6,8,10-12,20H,7,9,33H2,1H3,(H,24,25)/t20-/m1/s1. The maximum absolute atomic E-state index is 13.6. The van der Waals surface area contributed by atoms with E-state index in [9.17, 15) is 4.79 Å². The second-order valence-electron chi connectivity index (χ2n) is 8.04. The molecule has 10 heteroatoms. The molecule has 164 valence electrons. The van der Waals surface area contributed by atoms with Crippen LogP contribution in [0.4, 0.5) is 0 Å². The van der Waals surface area contributed by atoms with Crippen LogP contribution in [-0.4, -0.2) is 47.1 Å². The number of hydrogen-bond acceptors (Lipinski definition) is 6. The lowest BCUT2D eigenvalue weighted by atomic mass is 9.99. The van der Waals surface area contributed by atoms with E-state index in [4.69, 9.17) is 9.52 Å². The third-order valence-corrected chi connectivity index (χ3v) is 6.30. The first-order valence-corrected chi connectivity index (χ1v) is 11.1. The van der Waals surface area contributed by atoms with Gasteiger partial charge in [0.25, 0.3) is 0 Å². The minimum Gasteiger partial charge on any atom is -0.412 e. The normalized spacial score (nSPS) is 15.7. The van der Waals surface area contributed by atoms with Crippen LogP contribution < -0.4 is 5.30 Å². The van der Waals surface area contributed by atoms with Crippen molar-refractivity contribution in [2.75, 3.05) is 6.54 Å². The van der Waals surface area contributed by atoms with Gasteiger partial charge in [-0.15, -0.1) is 19.4 Å². The van der Waals surface area contributed by atoms with Gasteiger partial charge in [-0.25, -0.2) is 9.50 Å². The Labute approximate surface area is 191 Å². The summed E-state index contributed by atoms with van der Waals surface area (Å²) in [6.07, 6.45) is 4.19. The average molecular weight is 457 g/mol. The molecule has 6 rings (SSSR count). The number of nitrogens with zero attached hydrogens (tertiary/aromatic N) is 6. The van der Waals surface area contributed by atoms with Crippen LogP contribution in [0.25, 0.3) is 17.0 Å². The smallest absolute Gasteiger partial charge is 0.312 e. The van der Waals surface area contributed by atoms with Gasteiger partial charge in [0.05, 0.1) is 23.2 Å². The molecular formula is C23H20N7O2P. The number of carbonyl (C=O) groups is 1. The average Bonchev–Trinajstić information content (AvgIpc) is 3.56. The van der Waals surface area contributed by atoms with E-state index in [-0.39, 0.29) is 11.8 Å². The summed E-state index contributed by atoms with van der Waals surface area (Å²) in [5, 5.41) is 14.0. The molecule has 4 aromatic heterocycles. The number of pyridine rings is 1. The van der Waals surface area contributed by atoms with Crippen LogP contribution >= 0.6 is 9.24 Å². The fourth-order valence-electron chi connectivity index (χ4n) is 4.35. The highest BCUT2D eigenvalue weighted by atomic mass is 31.0. The number of nitrogens with one attached hydrogen (secondary N) is 1. The highest BCUT2D eigenvalue weighted by Crippen LogP contribution is 2.34. The predicted octanol–water partition coefficient (Wildman–Crippen LogP) is 2.70. The lowest BCUT2D eigenvalue weighted by Crippen LogP contribution is -2.41. The van der Waals surface area contributed by atoms with E-state index in [0.29, 0.717) is 18.9 Å². The number of aryl methyl sites for hydroxylation is 1.